The van der Waals surface area contributed by atoms with E-state index in [0.717, 1.165) is 9.21 Å². The lowest BCUT2D eigenvalue weighted by Gasteiger charge is -2.29. The number of methoxy groups -OCH3 is 1. The van der Waals surface area contributed by atoms with E-state index in [0.29, 0.717) is 63.4 Å². The van der Waals surface area contributed by atoms with Gasteiger partial charge in [0.05, 0.1) is 52.1 Å². The van der Waals surface area contributed by atoms with Gasteiger partial charge in [0.15, 0.2) is 0 Å². The number of hydrogen-bond acceptors (Lipinski definition) is 10. The van der Waals surface area contributed by atoms with Crippen LogP contribution in [0.25, 0.3) is 10.8 Å². The van der Waals surface area contributed by atoms with Crippen molar-refractivity contribution >= 4 is 80.2 Å². The number of imide groups is 2. The first-order valence-electron chi connectivity index (χ1n) is 17.7. The Morgan fingerprint density at radius 2 is 1.78 bits per heavy atom. The molecule has 7 rings (SSSR count). The first-order chi connectivity index (χ1) is 26.4. The number of nitrogens with zero attached hydrogens (tertiary/aromatic N) is 3. The van der Waals surface area contributed by atoms with Crippen LogP contribution in [0.1, 0.15) is 69.2 Å². The van der Waals surface area contributed by atoms with Gasteiger partial charge in [-0.1, -0.05) is 18.2 Å². The Labute approximate surface area is 318 Å². The molecule has 0 saturated carbocycles. The fraction of sp³-hybridized carbons (Fsp3) is 0.282. The van der Waals surface area contributed by atoms with Crippen molar-refractivity contribution in [2.24, 2.45) is 0 Å². The number of fused-ring (bicyclic) bond motifs is 1. The van der Waals surface area contributed by atoms with E-state index >= 15 is 0 Å². The Morgan fingerprint density at radius 3 is 2.53 bits per heavy atom. The molecule has 3 unspecified atom stereocenters. The second-order valence-electron chi connectivity index (χ2n) is 13.6. The van der Waals surface area contributed by atoms with E-state index < -0.39 is 40.9 Å². The normalized spacial score (nSPS) is 17.3. The van der Waals surface area contributed by atoms with Crippen LogP contribution in [-0.2, 0) is 32.1 Å². The maximum atomic E-state index is 13.4. The maximum absolute atomic E-state index is 13.4. The fourth-order valence-corrected chi connectivity index (χ4v) is 8.04. The zero-order chi connectivity index (χ0) is 39.1. The lowest BCUT2D eigenvalue weighted by molar-refractivity contribution is -0.136. The van der Waals surface area contributed by atoms with Crippen molar-refractivity contribution in [3.05, 3.63) is 89.0 Å². The number of anilines is 4. The summed E-state index contributed by atoms with van der Waals surface area (Å²) in [7, 11) is 3.11. The van der Waals surface area contributed by atoms with Gasteiger partial charge in [-0.25, -0.2) is 0 Å². The molecule has 16 heteroatoms. The summed E-state index contributed by atoms with van der Waals surface area (Å²) in [5, 5.41) is 9.50. The molecule has 3 heterocycles. The van der Waals surface area contributed by atoms with E-state index in [1.807, 2.05) is 13.0 Å². The first-order valence-corrected chi connectivity index (χ1v) is 18.7. The third kappa shape index (κ3) is 6.78. The summed E-state index contributed by atoms with van der Waals surface area (Å²) >= 11 is -2.75. The number of amides is 6. The molecule has 3 aliphatic heterocycles. The van der Waals surface area contributed by atoms with Gasteiger partial charge in [0, 0.05) is 48.9 Å². The van der Waals surface area contributed by atoms with Gasteiger partial charge >= 0.3 is 0 Å². The fourth-order valence-electron chi connectivity index (χ4n) is 7.41. The summed E-state index contributed by atoms with van der Waals surface area (Å²) in [5.41, 5.74) is 3.09. The Balaban J connectivity index is 1.01. The summed E-state index contributed by atoms with van der Waals surface area (Å²) in [6.07, 6.45) is 0.908. The molecule has 0 radical (unpaired) electrons. The van der Waals surface area contributed by atoms with Gasteiger partial charge in [-0.15, -0.1) is 0 Å². The van der Waals surface area contributed by atoms with E-state index in [1.165, 1.54) is 18.1 Å². The second kappa shape index (κ2) is 14.9. The molecule has 55 heavy (non-hydrogen) atoms. The summed E-state index contributed by atoms with van der Waals surface area (Å²) < 4.78 is 32.0. The molecule has 6 amide bonds. The minimum Gasteiger partial charge on any atom is -0.755 e. The number of piperidine rings is 1. The number of ether oxygens (including phenoxy) is 1. The zero-order valence-electron chi connectivity index (χ0n) is 30.2. The van der Waals surface area contributed by atoms with Gasteiger partial charge in [0.2, 0.25) is 17.7 Å². The van der Waals surface area contributed by atoms with Gasteiger partial charge in [-0.05, 0) is 80.3 Å². The van der Waals surface area contributed by atoms with E-state index in [1.54, 1.807) is 61.6 Å². The highest BCUT2D eigenvalue weighted by Crippen LogP contribution is 2.45. The molecule has 0 aliphatic carbocycles. The number of hydrogen-bond donors (Lipinski definition) is 3. The molecule has 3 N–H and O–H groups in total. The number of nitrogens with one attached hydrogen (secondary N) is 3. The molecular formula is C39H37N6O9S-. The Bertz CT molecular complexity index is 2330. The smallest absolute Gasteiger partial charge is 0.264 e. The van der Waals surface area contributed by atoms with Crippen LogP contribution in [-0.4, -0.2) is 81.9 Å². The maximum Gasteiger partial charge on any atom is 0.264 e. The molecule has 1 saturated heterocycles. The topological polar surface area (TPSA) is 198 Å². The van der Waals surface area contributed by atoms with E-state index in [-0.39, 0.29) is 54.7 Å². The van der Waals surface area contributed by atoms with E-state index in [4.69, 9.17) is 4.74 Å². The van der Waals surface area contributed by atoms with Crippen LogP contribution < -0.4 is 29.9 Å². The summed E-state index contributed by atoms with van der Waals surface area (Å²) in [4.78, 5) is 79.5. The first kappa shape index (κ1) is 37.2. The second-order valence-corrected chi connectivity index (χ2v) is 14.4. The van der Waals surface area contributed by atoms with Crippen LogP contribution in [0.4, 0.5) is 22.7 Å². The number of rotatable bonds is 13. The lowest BCUT2D eigenvalue weighted by atomic mass is 9.97. The van der Waals surface area contributed by atoms with Crippen molar-refractivity contribution in [1.82, 2.24) is 15.5 Å². The molecule has 3 atom stereocenters. The van der Waals surface area contributed by atoms with Crippen LogP contribution in [0, 0.1) is 0 Å². The Hall–Kier alpha value is -6.13. The molecule has 3 aliphatic rings. The summed E-state index contributed by atoms with van der Waals surface area (Å²) in [5.74, 6) is -2.48. The molecule has 15 nitrogen and oxygen atoms in total. The van der Waals surface area contributed by atoms with Crippen LogP contribution >= 0.6 is 0 Å². The minimum atomic E-state index is -2.75. The lowest BCUT2D eigenvalue weighted by Crippen LogP contribution is -2.54. The van der Waals surface area contributed by atoms with Crippen molar-refractivity contribution in [3.8, 4) is 5.75 Å². The third-order valence-electron chi connectivity index (χ3n) is 10.1. The molecule has 0 spiro atoms. The molecular weight excluding hydrogens is 729 g/mol. The van der Waals surface area contributed by atoms with E-state index in [2.05, 4.69) is 16.0 Å². The summed E-state index contributed by atoms with van der Waals surface area (Å²) in [6, 6.07) is 17.1. The van der Waals surface area contributed by atoms with Crippen molar-refractivity contribution in [2.45, 2.75) is 51.1 Å². The minimum absolute atomic E-state index is 0.0231. The summed E-state index contributed by atoms with van der Waals surface area (Å²) in [6.45, 7) is 2.16. The van der Waals surface area contributed by atoms with Crippen LogP contribution in [0.15, 0.2) is 66.7 Å². The van der Waals surface area contributed by atoms with Gasteiger partial charge in [-0.3, -0.25) is 47.5 Å². The van der Waals surface area contributed by atoms with Gasteiger partial charge in [0.25, 0.3) is 17.7 Å². The third-order valence-corrected chi connectivity index (χ3v) is 10.8. The van der Waals surface area contributed by atoms with Crippen LogP contribution in [0.2, 0.25) is 0 Å². The molecule has 1 fully saturated rings. The highest BCUT2D eigenvalue weighted by atomic mass is 32.2. The highest BCUT2D eigenvalue weighted by Gasteiger charge is 2.45. The molecule has 0 bridgehead atoms. The molecule has 284 valence electrons. The predicted octanol–water partition coefficient (Wildman–Crippen LogP) is 3.71. The van der Waals surface area contributed by atoms with Crippen molar-refractivity contribution in [3.63, 3.8) is 0 Å². The van der Waals surface area contributed by atoms with E-state index in [9.17, 15) is 37.5 Å². The van der Waals surface area contributed by atoms with Crippen molar-refractivity contribution in [1.29, 1.82) is 0 Å². The number of benzene rings is 4. The molecule has 4 aromatic carbocycles. The number of carbonyl (C=O) groups is 6. The van der Waals surface area contributed by atoms with Gasteiger partial charge in [-0.2, -0.15) is 0 Å². The number of carbonyl (C=O) groups excluding carboxylic acids is 6. The zero-order valence-corrected chi connectivity index (χ0v) is 31.0. The quantitative estimate of drug-likeness (QED) is 0.133. The van der Waals surface area contributed by atoms with Crippen molar-refractivity contribution < 1.29 is 42.3 Å². The Morgan fingerprint density at radius 1 is 1.00 bits per heavy atom. The van der Waals surface area contributed by atoms with Crippen LogP contribution in [0.3, 0.4) is 0 Å². The molecule has 0 aromatic heterocycles. The average molecular weight is 766 g/mol. The van der Waals surface area contributed by atoms with Gasteiger partial charge < -0.3 is 24.8 Å². The van der Waals surface area contributed by atoms with Gasteiger partial charge in [0.1, 0.15) is 11.8 Å². The Kier molecular flexibility index (Phi) is 10.1. The highest BCUT2D eigenvalue weighted by molar-refractivity contribution is 7.81. The average Bonchev–Trinajstić information content (AvgIpc) is 3.56. The van der Waals surface area contributed by atoms with Crippen LogP contribution in [0.5, 0.6) is 5.75 Å². The number of aryl methyl sites for hydroxylation is 1. The largest absolute Gasteiger partial charge is 0.755 e. The number of para-hydroxylation sites is 2. The molecule has 4 aromatic rings. The van der Waals surface area contributed by atoms with Crippen molar-refractivity contribution in [2.75, 3.05) is 35.2 Å². The standard InChI is InChI=1S/C39H38N6O9S/c1-21(41-26-8-6-7-23-35(26)39(51)44(38(23)50)30-14-16-33(47)42-36(30)48)17-18-40-32(46)15-11-22-19-24-27(12-13-29-34(24)25(20-22)37(49)43(29)2)45(55(52)53)28-9-4-5-10-31(28)54-3/h4-10,12-13,19-21,30,41H,11,14-18H2,1-3H3,(H,40,46)(H,52,53)(H,42,47,48)/p-1. The predicted molar refractivity (Wildman–Crippen MR) is 203 cm³/mol. The SMILES string of the molecule is COc1ccccc1N(c1ccc2c3c(cc(CCC(=O)NCCC(C)Nc4cccc5c4C(=O)N(C4CCC(=O)NC4=O)C5=O)cc13)C(=O)N2C)S(=O)[O-]. The monoisotopic (exact) mass is 765 g/mol.